The molecule has 3 heteroatoms. The smallest absolute Gasteiger partial charge is 0.104 e. The molecule has 0 aliphatic rings. The number of nitriles is 1. The van der Waals surface area contributed by atoms with Crippen molar-refractivity contribution in [3.8, 4) is 6.07 Å². The normalized spacial score (nSPS) is 9.45. The Labute approximate surface area is 70.3 Å². The van der Waals surface area contributed by atoms with Crippen molar-refractivity contribution >= 4 is 16.3 Å². The Morgan fingerprint density at radius 2 is 2.45 bits per heavy atom. The van der Waals surface area contributed by atoms with Gasteiger partial charge in [-0.1, -0.05) is 13.3 Å². The van der Waals surface area contributed by atoms with Crippen LogP contribution in [0.1, 0.15) is 23.8 Å². The van der Waals surface area contributed by atoms with Gasteiger partial charge in [0.15, 0.2) is 0 Å². The highest BCUT2D eigenvalue weighted by Gasteiger charge is 2.03. The lowest BCUT2D eigenvalue weighted by Crippen LogP contribution is -1.80. The number of rotatable bonds is 2. The van der Waals surface area contributed by atoms with Gasteiger partial charge in [-0.2, -0.15) is 5.26 Å². The molecular weight excluding hydrogens is 156 g/mol. The van der Waals surface area contributed by atoms with Gasteiger partial charge in [-0.25, -0.2) is 0 Å². The zero-order chi connectivity index (χ0) is 8.27. The molecule has 0 fully saturated rings. The van der Waals surface area contributed by atoms with E-state index in [0.29, 0.717) is 10.6 Å². The molecule has 11 heavy (non-hydrogen) atoms. The average molecular weight is 166 g/mol. The topological polar surface area (TPSA) is 49.8 Å². The first kappa shape index (κ1) is 8.09. The number of hydrogen-bond acceptors (Lipinski definition) is 3. The lowest BCUT2D eigenvalue weighted by Gasteiger charge is -1.86. The van der Waals surface area contributed by atoms with E-state index in [0.717, 1.165) is 12.8 Å². The summed E-state index contributed by atoms with van der Waals surface area (Å²) in [4.78, 5) is 1.21. The highest BCUT2D eigenvalue weighted by atomic mass is 32.1. The second-order valence-electron chi connectivity index (χ2n) is 2.35. The first-order valence-corrected chi connectivity index (χ1v) is 4.38. The molecule has 58 valence electrons. The van der Waals surface area contributed by atoms with Crippen LogP contribution in [0.2, 0.25) is 0 Å². The summed E-state index contributed by atoms with van der Waals surface area (Å²) in [5.41, 5.74) is 6.20. The van der Waals surface area contributed by atoms with E-state index < -0.39 is 0 Å². The van der Waals surface area contributed by atoms with Crippen LogP contribution < -0.4 is 5.73 Å². The minimum Gasteiger partial charge on any atom is -0.389 e. The van der Waals surface area contributed by atoms with Gasteiger partial charge in [0.25, 0.3) is 0 Å². The molecule has 1 aromatic heterocycles. The van der Waals surface area contributed by atoms with Crippen molar-refractivity contribution in [2.75, 3.05) is 5.73 Å². The summed E-state index contributed by atoms with van der Waals surface area (Å²) in [6.07, 6.45) is 2.13. The summed E-state index contributed by atoms with van der Waals surface area (Å²) in [6, 6.07) is 3.94. The van der Waals surface area contributed by atoms with Crippen LogP contribution in [0.5, 0.6) is 0 Å². The van der Waals surface area contributed by atoms with E-state index in [2.05, 4.69) is 13.0 Å². The lowest BCUT2D eigenvalue weighted by molar-refractivity contribution is 0.940. The third kappa shape index (κ3) is 1.72. The van der Waals surface area contributed by atoms with Gasteiger partial charge < -0.3 is 5.73 Å². The Morgan fingerprint density at radius 3 is 2.91 bits per heavy atom. The van der Waals surface area contributed by atoms with E-state index in [1.807, 2.05) is 6.07 Å². The molecule has 2 N–H and O–H groups in total. The second-order valence-corrected chi connectivity index (χ2v) is 3.52. The van der Waals surface area contributed by atoms with Crippen LogP contribution in [0.25, 0.3) is 0 Å². The monoisotopic (exact) mass is 166 g/mol. The van der Waals surface area contributed by atoms with Gasteiger partial charge in [0.2, 0.25) is 0 Å². The predicted molar refractivity (Wildman–Crippen MR) is 47.4 cm³/mol. The van der Waals surface area contributed by atoms with Crippen molar-refractivity contribution in [2.45, 2.75) is 19.8 Å². The van der Waals surface area contributed by atoms with E-state index >= 15 is 0 Å². The number of thiophene rings is 1. The van der Waals surface area contributed by atoms with E-state index in [1.165, 1.54) is 16.2 Å². The number of nitrogen functional groups attached to an aromatic ring is 1. The van der Waals surface area contributed by atoms with Crippen LogP contribution in [0, 0.1) is 11.3 Å². The van der Waals surface area contributed by atoms with Gasteiger partial charge in [0, 0.05) is 4.88 Å². The summed E-state index contributed by atoms with van der Waals surface area (Å²) in [6.45, 7) is 2.11. The molecule has 0 aliphatic carbocycles. The number of anilines is 1. The quantitative estimate of drug-likeness (QED) is 0.731. The Morgan fingerprint density at radius 1 is 1.73 bits per heavy atom. The zero-order valence-electron chi connectivity index (χ0n) is 6.42. The SMILES string of the molecule is CCCc1cc(C#N)c(N)s1. The minimum absolute atomic E-state index is 0.624. The first-order chi connectivity index (χ1) is 5.27. The van der Waals surface area contributed by atoms with Crippen LogP contribution in [0.3, 0.4) is 0 Å². The van der Waals surface area contributed by atoms with Gasteiger partial charge in [-0.3, -0.25) is 0 Å². The van der Waals surface area contributed by atoms with E-state index in [9.17, 15) is 0 Å². The minimum atomic E-state index is 0.624. The molecule has 1 rings (SSSR count). The molecule has 0 saturated carbocycles. The molecule has 0 unspecified atom stereocenters. The molecular formula is C8H10N2S. The molecule has 1 aromatic rings. The Bertz CT molecular complexity index is 283. The zero-order valence-corrected chi connectivity index (χ0v) is 7.24. The maximum Gasteiger partial charge on any atom is 0.104 e. The second kappa shape index (κ2) is 3.40. The van der Waals surface area contributed by atoms with Crippen molar-refractivity contribution in [3.05, 3.63) is 16.5 Å². The van der Waals surface area contributed by atoms with Crippen molar-refractivity contribution in [1.29, 1.82) is 5.26 Å². The largest absolute Gasteiger partial charge is 0.389 e. The summed E-state index contributed by atoms with van der Waals surface area (Å²) < 4.78 is 0. The Kier molecular flexibility index (Phi) is 2.50. The standard InChI is InChI=1S/C8H10N2S/c1-2-3-7-4-6(5-9)8(10)11-7/h4H,2-3,10H2,1H3. The van der Waals surface area contributed by atoms with Crippen LogP contribution in [-0.4, -0.2) is 0 Å². The van der Waals surface area contributed by atoms with E-state index in [4.69, 9.17) is 11.0 Å². The number of aryl methyl sites for hydroxylation is 1. The molecule has 0 radical (unpaired) electrons. The molecule has 0 aromatic carbocycles. The van der Waals surface area contributed by atoms with Crippen molar-refractivity contribution in [1.82, 2.24) is 0 Å². The molecule has 0 amide bonds. The Balaban J connectivity index is 2.89. The summed E-state index contributed by atoms with van der Waals surface area (Å²) >= 11 is 1.52. The number of nitrogens with zero attached hydrogens (tertiary/aromatic N) is 1. The third-order valence-corrected chi connectivity index (χ3v) is 2.45. The highest BCUT2D eigenvalue weighted by Crippen LogP contribution is 2.24. The maximum absolute atomic E-state index is 8.58. The van der Waals surface area contributed by atoms with Crippen LogP contribution in [0.15, 0.2) is 6.07 Å². The lowest BCUT2D eigenvalue weighted by atomic mass is 10.2. The van der Waals surface area contributed by atoms with Crippen molar-refractivity contribution in [3.63, 3.8) is 0 Å². The van der Waals surface area contributed by atoms with Gasteiger partial charge in [0.1, 0.15) is 11.1 Å². The molecule has 2 nitrogen and oxygen atoms in total. The summed E-state index contributed by atoms with van der Waals surface area (Å²) in [5.74, 6) is 0. The molecule has 0 spiro atoms. The fourth-order valence-electron chi connectivity index (χ4n) is 0.915. The van der Waals surface area contributed by atoms with Crippen molar-refractivity contribution in [2.24, 2.45) is 0 Å². The fourth-order valence-corrected chi connectivity index (χ4v) is 1.89. The fraction of sp³-hybridized carbons (Fsp3) is 0.375. The van der Waals surface area contributed by atoms with E-state index in [-0.39, 0.29) is 0 Å². The van der Waals surface area contributed by atoms with Gasteiger partial charge in [-0.15, -0.1) is 11.3 Å². The number of hydrogen-bond donors (Lipinski definition) is 1. The van der Waals surface area contributed by atoms with Crippen molar-refractivity contribution < 1.29 is 0 Å². The molecule has 0 bridgehead atoms. The summed E-state index contributed by atoms with van der Waals surface area (Å²) in [7, 11) is 0. The highest BCUT2D eigenvalue weighted by molar-refractivity contribution is 7.16. The Hall–Kier alpha value is -1.01. The third-order valence-electron chi connectivity index (χ3n) is 1.43. The molecule has 1 heterocycles. The first-order valence-electron chi connectivity index (χ1n) is 3.56. The maximum atomic E-state index is 8.58. The average Bonchev–Trinajstić information content (AvgIpc) is 2.32. The van der Waals surface area contributed by atoms with Gasteiger partial charge >= 0.3 is 0 Å². The van der Waals surface area contributed by atoms with E-state index in [1.54, 1.807) is 0 Å². The molecule has 0 saturated heterocycles. The molecule has 0 aliphatic heterocycles. The summed E-state index contributed by atoms with van der Waals surface area (Å²) in [5, 5.41) is 9.23. The number of nitrogens with two attached hydrogens (primary N) is 1. The van der Waals surface area contributed by atoms with Crippen LogP contribution >= 0.6 is 11.3 Å². The molecule has 0 atom stereocenters. The van der Waals surface area contributed by atoms with Gasteiger partial charge in [-0.05, 0) is 12.5 Å². The van der Waals surface area contributed by atoms with Gasteiger partial charge in [0.05, 0.1) is 5.56 Å². The van der Waals surface area contributed by atoms with Crippen LogP contribution in [-0.2, 0) is 6.42 Å². The van der Waals surface area contributed by atoms with Crippen LogP contribution in [0.4, 0.5) is 5.00 Å². The predicted octanol–water partition coefficient (Wildman–Crippen LogP) is 2.15.